The van der Waals surface area contributed by atoms with Crippen molar-refractivity contribution in [3.8, 4) is 0 Å². The lowest BCUT2D eigenvalue weighted by molar-refractivity contribution is 0.0949. The van der Waals surface area contributed by atoms with E-state index in [9.17, 15) is 4.79 Å². The van der Waals surface area contributed by atoms with Crippen molar-refractivity contribution in [1.82, 2.24) is 5.32 Å². The molecular formula is C13H18N2O. The Labute approximate surface area is 96.2 Å². The van der Waals surface area contributed by atoms with Crippen LogP contribution in [0.3, 0.4) is 0 Å². The summed E-state index contributed by atoms with van der Waals surface area (Å²) in [4.78, 5) is 11.9. The van der Waals surface area contributed by atoms with E-state index >= 15 is 0 Å². The van der Waals surface area contributed by atoms with E-state index in [4.69, 9.17) is 0 Å². The van der Waals surface area contributed by atoms with E-state index in [1.165, 1.54) is 0 Å². The molecule has 1 aliphatic carbocycles. The van der Waals surface area contributed by atoms with Gasteiger partial charge in [0.1, 0.15) is 0 Å². The Morgan fingerprint density at radius 3 is 2.62 bits per heavy atom. The number of hydrogen-bond acceptors (Lipinski definition) is 2. The molecule has 1 saturated carbocycles. The zero-order valence-corrected chi connectivity index (χ0v) is 10.0. The van der Waals surface area contributed by atoms with Gasteiger partial charge in [-0.25, -0.2) is 0 Å². The molecule has 2 rings (SSSR count). The molecule has 2 N–H and O–H groups in total. The van der Waals surface area contributed by atoms with E-state index in [0.29, 0.717) is 12.0 Å². The maximum Gasteiger partial charge on any atom is 0.251 e. The summed E-state index contributed by atoms with van der Waals surface area (Å²) in [6, 6.07) is 6.12. The fourth-order valence-corrected chi connectivity index (χ4v) is 1.86. The van der Waals surface area contributed by atoms with Crippen LogP contribution in [0.15, 0.2) is 18.2 Å². The first kappa shape index (κ1) is 11.0. The highest BCUT2D eigenvalue weighted by Gasteiger charge is 2.33. The molecule has 1 aromatic rings. The summed E-state index contributed by atoms with van der Waals surface area (Å²) in [5, 5.41) is 6.12. The molecule has 0 bridgehead atoms. The molecule has 0 aliphatic heterocycles. The maximum absolute atomic E-state index is 11.9. The molecule has 0 radical (unpaired) electrons. The van der Waals surface area contributed by atoms with Gasteiger partial charge in [-0.05, 0) is 43.0 Å². The van der Waals surface area contributed by atoms with Gasteiger partial charge in [0.05, 0.1) is 0 Å². The Balaban J connectivity index is 2.08. The summed E-state index contributed by atoms with van der Waals surface area (Å²) in [6.07, 6.45) is 1.11. The number of carbonyl (C=O) groups is 1. The number of nitrogens with one attached hydrogen (secondary N) is 2. The van der Waals surface area contributed by atoms with Crippen LogP contribution in [0, 0.1) is 12.8 Å². The number of hydrogen-bond donors (Lipinski definition) is 2. The van der Waals surface area contributed by atoms with E-state index in [-0.39, 0.29) is 5.91 Å². The fraction of sp³-hybridized carbons (Fsp3) is 0.462. The molecular weight excluding hydrogens is 200 g/mol. The van der Waals surface area contributed by atoms with E-state index < -0.39 is 0 Å². The SMILES string of the molecule is CNc1ccc(C(=O)NC2CC2C)cc1C. The highest BCUT2D eigenvalue weighted by molar-refractivity contribution is 5.95. The maximum atomic E-state index is 11.9. The first-order valence-corrected chi connectivity index (χ1v) is 5.71. The molecule has 2 atom stereocenters. The van der Waals surface area contributed by atoms with Crippen molar-refractivity contribution in [2.24, 2.45) is 5.92 Å². The predicted octanol–water partition coefficient (Wildman–Crippen LogP) is 2.17. The number of carbonyl (C=O) groups excluding carboxylic acids is 1. The Bertz CT molecular complexity index is 414. The smallest absolute Gasteiger partial charge is 0.251 e. The van der Waals surface area contributed by atoms with E-state index in [1.807, 2.05) is 32.2 Å². The predicted molar refractivity (Wildman–Crippen MR) is 65.8 cm³/mol. The molecule has 0 saturated heterocycles. The second-order valence-electron chi connectivity index (χ2n) is 4.57. The van der Waals surface area contributed by atoms with Gasteiger partial charge in [-0.3, -0.25) is 4.79 Å². The summed E-state index contributed by atoms with van der Waals surface area (Å²) in [5.41, 5.74) is 2.91. The molecule has 0 spiro atoms. The van der Waals surface area contributed by atoms with Gasteiger partial charge in [0, 0.05) is 24.3 Å². The van der Waals surface area contributed by atoms with Gasteiger partial charge < -0.3 is 10.6 Å². The topological polar surface area (TPSA) is 41.1 Å². The second kappa shape index (κ2) is 4.16. The van der Waals surface area contributed by atoms with Crippen LogP contribution in [0.5, 0.6) is 0 Å². The third-order valence-corrected chi connectivity index (χ3v) is 3.18. The van der Waals surface area contributed by atoms with E-state index in [1.54, 1.807) is 0 Å². The van der Waals surface area contributed by atoms with Gasteiger partial charge in [-0.1, -0.05) is 6.92 Å². The molecule has 1 fully saturated rings. The molecule has 3 heteroatoms. The second-order valence-corrected chi connectivity index (χ2v) is 4.57. The lowest BCUT2D eigenvalue weighted by Crippen LogP contribution is -2.26. The highest BCUT2D eigenvalue weighted by atomic mass is 16.1. The minimum absolute atomic E-state index is 0.0418. The van der Waals surface area contributed by atoms with Crippen molar-refractivity contribution in [1.29, 1.82) is 0 Å². The Morgan fingerprint density at radius 1 is 1.44 bits per heavy atom. The van der Waals surface area contributed by atoms with Crippen molar-refractivity contribution in [2.45, 2.75) is 26.3 Å². The Kier molecular flexibility index (Phi) is 2.86. The van der Waals surface area contributed by atoms with Gasteiger partial charge in [-0.2, -0.15) is 0 Å². The first-order valence-electron chi connectivity index (χ1n) is 5.71. The van der Waals surface area contributed by atoms with Crippen LogP contribution in [-0.4, -0.2) is 19.0 Å². The fourth-order valence-electron chi connectivity index (χ4n) is 1.86. The lowest BCUT2D eigenvalue weighted by atomic mass is 10.1. The quantitative estimate of drug-likeness (QED) is 0.816. The van der Waals surface area contributed by atoms with Gasteiger partial charge in [0.15, 0.2) is 0 Å². The molecule has 1 amide bonds. The zero-order chi connectivity index (χ0) is 11.7. The average Bonchev–Trinajstić information content (AvgIpc) is 2.94. The van der Waals surface area contributed by atoms with Crippen LogP contribution >= 0.6 is 0 Å². The molecule has 0 heterocycles. The number of amides is 1. The van der Waals surface area contributed by atoms with Crippen molar-refractivity contribution in [2.75, 3.05) is 12.4 Å². The summed E-state index contributed by atoms with van der Waals surface area (Å²) in [5.74, 6) is 0.682. The van der Waals surface area contributed by atoms with Crippen LogP contribution in [0.4, 0.5) is 5.69 Å². The normalized spacial score (nSPS) is 22.7. The van der Waals surface area contributed by atoms with Crippen molar-refractivity contribution < 1.29 is 4.79 Å². The van der Waals surface area contributed by atoms with E-state index in [0.717, 1.165) is 23.2 Å². The Morgan fingerprint density at radius 2 is 2.12 bits per heavy atom. The van der Waals surface area contributed by atoms with Gasteiger partial charge >= 0.3 is 0 Å². The van der Waals surface area contributed by atoms with Gasteiger partial charge in [-0.15, -0.1) is 0 Å². The standard InChI is InChI=1S/C13H18N2O/c1-8-6-10(4-5-11(8)14-3)13(16)15-12-7-9(12)2/h4-6,9,12,14H,7H2,1-3H3,(H,15,16). The monoisotopic (exact) mass is 218 g/mol. The lowest BCUT2D eigenvalue weighted by Gasteiger charge is -2.08. The molecule has 3 nitrogen and oxygen atoms in total. The van der Waals surface area contributed by atoms with Gasteiger partial charge in [0.25, 0.3) is 5.91 Å². The van der Waals surface area contributed by atoms with Crippen molar-refractivity contribution in [3.63, 3.8) is 0 Å². The zero-order valence-electron chi connectivity index (χ0n) is 10.0. The minimum atomic E-state index is 0.0418. The Hall–Kier alpha value is -1.51. The molecule has 1 aliphatic rings. The molecule has 86 valence electrons. The third kappa shape index (κ3) is 2.18. The van der Waals surface area contributed by atoms with Gasteiger partial charge in [0.2, 0.25) is 0 Å². The molecule has 16 heavy (non-hydrogen) atoms. The summed E-state index contributed by atoms with van der Waals surface area (Å²) in [6.45, 7) is 4.16. The average molecular weight is 218 g/mol. The van der Waals surface area contributed by atoms with E-state index in [2.05, 4.69) is 17.6 Å². The van der Waals surface area contributed by atoms with Crippen LogP contribution in [0.2, 0.25) is 0 Å². The number of anilines is 1. The van der Waals surface area contributed by atoms with Crippen LogP contribution < -0.4 is 10.6 Å². The number of rotatable bonds is 3. The van der Waals surface area contributed by atoms with Crippen LogP contribution in [-0.2, 0) is 0 Å². The number of aryl methyl sites for hydroxylation is 1. The van der Waals surface area contributed by atoms with Crippen molar-refractivity contribution >= 4 is 11.6 Å². The minimum Gasteiger partial charge on any atom is -0.388 e. The molecule has 2 unspecified atom stereocenters. The molecule has 0 aromatic heterocycles. The number of benzene rings is 1. The third-order valence-electron chi connectivity index (χ3n) is 3.18. The van der Waals surface area contributed by atoms with Crippen LogP contribution in [0.25, 0.3) is 0 Å². The summed E-state index contributed by atoms with van der Waals surface area (Å²) in [7, 11) is 1.88. The van der Waals surface area contributed by atoms with Crippen molar-refractivity contribution in [3.05, 3.63) is 29.3 Å². The summed E-state index contributed by atoms with van der Waals surface area (Å²) >= 11 is 0. The first-order chi connectivity index (χ1) is 7.61. The highest BCUT2D eigenvalue weighted by Crippen LogP contribution is 2.29. The summed E-state index contributed by atoms with van der Waals surface area (Å²) < 4.78 is 0. The molecule has 1 aromatic carbocycles. The van der Waals surface area contributed by atoms with Crippen LogP contribution in [0.1, 0.15) is 29.3 Å². The largest absolute Gasteiger partial charge is 0.388 e.